The van der Waals surface area contributed by atoms with Crippen LogP contribution in [0.5, 0.6) is 0 Å². The molecule has 1 unspecified atom stereocenters. The Labute approximate surface area is 111 Å². The van der Waals surface area contributed by atoms with Crippen LogP contribution >= 0.6 is 0 Å². The third kappa shape index (κ3) is 4.68. The zero-order valence-electron chi connectivity index (χ0n) is 10.5. The number of nitrogens with zero attached hydrogens (tertiary/aromatic N) is 1. The number of aromatic nitrogens is 1. The van der Waals surface area contributed by atoms with Gasteiger partial charge in [0.1, 0.15) is 6.04 Å². The van der Waals surface area contributed by atoms with Crippen LogP contribution < -0.4 is 10.6 Å². The van der Waals surface area contributed by atoms with Crippen LogP contribution in [0.4, 0.5) is 4.79 Å². The highest BCUT2D eigenvalue weighted by molar-refractivity contribution is 5.82. The smallest absolute Gasteiger partial charge is 0.327 e. The summed E-state index contributed by atoms with van der Waals surface area (Å²) in [6.45, 7) is 2.17. The van der Waals surface area contributed by atoms with Crippen molar-refractivity contribution in [3.63, 3.8) is 0 Å². The van der Waals surface area contributed by atoms with E-state index in [1.54, 1.807) is 12.4 Å². The third-order valence-corrected chi connectivity index (χ3v) is 2.51. The number of nitrogens with one attached hydrogen (secondary N) is 2. The molecule has 0 aliphatic heterocycles. The average molecular weight is 261 g/mol. The lowest BCUT2D eigenvalue weighted by Crippen LogP contribution is -2.45. The van der Waals surface area contributed by atoms with Gasteiger partial charge in [0, 0.05) is 25.4 Å². The quantitative estimate of drug-likeness (QED) is 0.679. The van der Waals surface area contributed by atoms with Crippen molar-refractivity contribution in [2.24, 2.45) is 0 Å². The van der Waals surface area contributed by atoms with Gasteiger partial charge in [0.15, 0.2) is 0 Å². The van der Waals surface area contributed by atoms with Crippen molar-refractivity contribution in [3.8, 4) is 12.3 Å². The summed E-state index contributed by atoms with van der Waals surface area (Å²) in [7, 11) is 0. The van der Waals surface area contributed by atoms with E-state index in [9.17, 15) is 9.59 Å². The first-order valence-electron chi connectivity index (χ1n) is 5.64. The number of carboxylic acids is 1. The molecule has 0 aromatic carbocycles. The molecule has 100 valence electrons. The lowest BCUT2D eigenvalue weighted by atomic mass is 10.1. The van der Waals surface area contributed by atoms with Crippen LogP contribution in [0.3, 0.4) is 0 Å². The summed E-state index contributed by atoms with van der Waals surface area (Å²) in [5, 5.41) is 13.7. The number of hydrogen-bond donors (Lipinski definition) is 3. The number of aryl methyl sites for hydroxylation is 1. The summed E-state index contributed by atoms with van der Waals surface area (Å²) < 4.78 is 0. The number of carboxylic acid groups (broad SMARTS) is 1. The van der Waals surface area contributed by atoms with E-state index in [2.05, 4.69) is 21.5 Å². The number of carbonyl (C=O) groups excluding carboxylic acids is 1. The molecule has 0 aliphatic carbocycles. The van der Waals surface area contributed by atoms with Crippen LogP contribution in [0.15, 0.2) is 18.5 Å². The summed E-state index contributed by atoms with van der Waals surface area (Å²) in [5.74, 6) is 1.04. The molecule has 0 saturated heterocycles. The average Bonchev–Trinajstić information content (AvgIpc) is 2.37. The Morgan fingerprint density at radius 3 is 2.89 bits per heavy atom. The molecular weight excluding hydrogens is 246 g/mol. The zero-order valence-corrected chi connectivity index (χ0v) is 10.5. The predicted octanol–water partition coefficient (Wildman–Crippen LogP) is 0.666. The topological polar surface area (TPSA) is 91.3 Å². The second-order valence-electron chi connectivity index (χ2n) is 3.93. The van der Waals surface area contributed by atoms with E-state index in [1.807, 2.05) is 13.0 Å². The van der Waals surface area contributed by atoms with Crippen LogP contribution in [0.25, 0.3) is 0 Å². The van der Waals surface area contributed by atoms with Gasteiger partial charge in [-0.2, -0.15) is 0 Å². The van der Waals surface area contributed by atoms with E-state index in [-0.39, 0.29) is 13.0 Å². The van der Waals surface area contributed by atoms with Crippen LogP contribution in [-0.2, 0) is 11.3 Å². The highest BCUT2D eigenvalue weighted by atomic mass is 16.4. The maximum atomic E-state index is 11.5. The Bertz CT molecular complexity index is 508. The van der Waals surface area contributed by atoms with Crippen molar-refractivity contribution in [1.82, 2.24) is 15.6 Å². The van der Waals surface area contributed by atoms with Crippen molar-refractivity contribution in [2.75, 3.05) is 0 Å². The summed E-state index contributed by atoms with van der Waals surface area (Å²) >= 11 is 0. The van der Waals surface area contributed by atoms with Crippen molar-refractivity contribution >= 4 is 12.0 Å². The van der Waals surface area contributed by atoms with E-state index in [4.69, 9.17) is 11.5 Å². The van der Waals surface area contributed by atoms with Crippen molar-refractivity contribution in [3.05, 3.63) is 29.6 Å². The predicted molar refractivity (Wildman–Crippen MR) is 69.2 cm³/mol. The Morgan fingerprint density at radius 2 is 2.32 bits per heavy atom. The van der Waals surface area contributed by atoms with E-state index >= 15 is 0 Å². The maximum Gasteiger partial charge on any atom is 0.327 e. The minimum Gasteiger partial charge on any atom is -0.480 e. The molecule has 1 aromatic heterocycles. The standard InChI is InChI=1S/C13H15N3O3/c1-3-4-11(12(17)18)16-13(19)15-8-10-7-14-6-5-9(10)2/h1,5-7,11H,4,8H2,2H3,(H,17,18)(H2,15,16,19). The molecule has 0 bridgehead atoms. The molecule has 3 N–H and O–H groups in total. The number of pyridine rings is 1. The number of terminal acetylenes is 1. The molecule has 1 heterocycles. The normalized spacial score (nSPS) is 11.2. The third-order valence-electron chi connectivity index (χ3n) is 2.51. The summed E-state index contributed by atoms with van der Waals surface area (Å²) in [4.78, 5) is 26.3. The monoisotopic (exact) mass is 261 g/mol. The zero-order chi connectivity index (χ0) is 14.3. The fourth-order valence-corrected chi connectivity index (χ4v) is 1.38. The van der Waals surface area contributed by atoms with Gasteiger partial charge in [0.25, 0.3) is 0 Å². The molecule has 1 rings (SSSR count). The first-order valence-corrected chi connectivity index (χ1v) is 5.64. The van der Waals surface area contributed by atoms with Crippen LogP contribution in [0, 0.1) is 19.3 Å². The van der Waals surface area contributed by atoms with Gasteiger partial charge in [-0.1, -0.05) is 0 Å². The lowest BCUT2D eigenvalue weighted by molar-refractivity contribution is -0.139. The minimum absolute atomic E-state index is 0.0608. The molecule has 0 saturated carbocycles. The van der Waals surface area contributed by atoms with E-state index in [0.29, 0.717) is 0 Å². The molecular formula is C13H15N3O3. The van der Waals surface area contributed by atoms with Gasteiger partial charge in [-0.15, -0.1) is 12.3 Å². The molecule has 0 fully saturated rings. The van der Waals surface area contributed by atoms with Gasteiger partial charge < -0.3 is 15.7 Å². The number of hydrogen-bond acceptors (Lipinski definition) is 3. The molecule has 6 nitrogen and oxygen atoms in total. The molecule has 1 aromatic rings. The second-order valence-corrected chi connectivity index (χ2v) is 3.93. The highest BCUT2D eigenvalue weighted by Crippen LogP contribution is 2.03. The molecule has 0 aliphatic rings. The number of rotatable bonds is 5. The first kappa shape index (κ1) is 14.5. The van der Waals surface area contributed by atoms with E-state index in [1.165, 1.54) is 0 Å². The molecule has 0 radical (unpaired) electrons. The summed E-state index contributed by atoms with van der Waals surface area (Å²) in [6.07, 6.45) is 8.28. The first-order chi connectivity index (χ1) is 9.04. The SMILES string of the molecule is C#CCC(NC(=O)NCc1cnccc1C)C(=O)O. The van der Waals surface area contributed by atoms with Crippen LogP contribution in [-0.4, -0.2) is 28.1 Å². The van der Waals surface area contributed by atoms with Crippen molar-refractivity contribution in [1.29, 1.82) is 0 Å². The second kappa shape index (κ2) is 7.01. The molecule has 0 spiro atoms. The molecule has 19 heavy (non-hydrogen) atoms. The van der Waals surface area contributed by atoms with Crippen LogP contribution in [0.2, 0.25) is 0 Å². The van der Waals surface area contributed by atoms with Gasteiger partial charge in [0.05, 0.1) is 0 Å². The largest absolute Gasteiger partial charge is 0.480 e. The number of carbonyl (C=O) groups is 2. The van der Waals surface area contributed by atoms with Gasteiger partial charge in [-0.05, 0) is 24.1 Å². The van der Waals surface area contributed by atoms with Crippen molar-refractivity contribution < 1.29 is 14.7 Å². The van der Waals surface area contributed by atoms with Gasteiger partial charge in [-0.3, -0.25) is 4.98 Å². The Balaban J connectivity index is 2.50. The van der Waals surface area contributed by atoms with Gasteiger partial charge >= 0.3 is 12.0 Å². The Hall–Kier alpha value is -2.55. The molecule has 6 heteroatoms. The fraction of sp³-hybridized carbons (Fsp3) is 0.308. The molecule has 1 atom stereocenters. The Kier molecular flexibility index (Phi) is 5.35. The summed E-state index contributed by atoms with van der Waals surface area (Å²) in [6, 6.07) is 0.165. The molecule has 2 amide bonds. The lowest BCUT2D eigenvalue weighted by Gasteiger charge is -2.13. The number of urea groups is 1. The van der Waals surface area contributed by atoms with E-state index < -0.39 is 18.0 Å². The van der Waals surface area contributed by atoms with Gasteiger partial charge in [0.2, 0.25) is 0 Å². The van der Waals surface area contributed by atoms with Gasteiger partial charge in [-0.25, -0.2) is 9.59 Å². The number of amides is 2. The van der Waals surface area contributed by atoms with Crippen LogP contribution in [0.1, 0.15) is 17.5 Å². The maximum absolute atomic E-state index is 11.5. The van der Waals surface area contributed by atoms with Crippen molar-refractivity contribution in [2.45, 2.75) is 25.9 Å². The van der Waals surface area contributed by atoms with E-state index in [0.717, 1.165) is 11.1 Å². The number of aliphatic carboxylic acids is 1. The Morgan fingerprint density at radius 1 is 1.58 bits per heavy atom. The fourth-order valence-electron chi connectivity index (χ4n) is 1.38. The minimum atomic E-state index is -1.16. The highest BCUT2D eigenvalue weighted by Gasteiger charge is 2.18. The summed E-state index contributed by atoms with van der Waals surface area (Å²) in [5.41, 5.74) is 1.86.